The van der Waals surface area contributed by atoms with Crippen LogP contribution < -0.4 is 0 Å². The normalized spacial score (nSPS) is 11.9. The molecule has 0 aliphatic heterocycles. The smallest absolute Gasteiger partial charge is 0.334 e. The number of hydrogen-bond acceptors (Lipinski definition) is 1. The highest BCUT2D eigenvalue weighted by Gasteiger charge is 2.33. The molecule has 2 aromatic rings. The predicted octanol–water partition coefficient (Wildman–Crippen LogP) is 6.39. The van der Waals surface area contributed by atoms with Gasteiger partial charge in [0.25, 0.3) is 5.91 Å². The number of carbonyl (C=O) groups excluding carboxylic acids is 1. The van der Waals surface area contributed by atoms with Crippen molar-refractivity contribution in [1.29, 1.82) is 0 Å². The molecule has 0 aliphatic carbocycles. The SMILES string of the molecule is CC(C)N(C(=O)c1cc(C(F)(F)F)ccc1-c1cccc(Br)c1)C(C)C. The van der Waals surface area contributed by atoms with E-state index in [1.807, 2.05) is 33.8 Å². The van der Waals surface area contributed by atoms with Crippen LogP contribution in [-0.4, -0.2) is 22.9 Å². The van der Waals surface area contributed by atoms with Crippen LogP contribution in [-0.2, 0) is 6.18 Å². The van der Waals surface area contributed by atoms with Gasteiger partial charge in [0.05, 0.1) is 5.56 Å². The van der Waals surface area contributed by atoms with Gasteiger partial charge in [0.1, 0.15) is 0 Å². The third-order valence-electron chi connectivity index (χ3n) is 4.06. The molecule has 0 heterocycles. The van der Waals surface area contributed by atoms with E-state index in [1.54, 1.807) is 23.1 Å². The molecule has 2 nitrogen and oxygen atoms in total. The summed E-state index contributed by atoms with van der Waals surface area (Å²) in [5.74, 6) is -0.406. The summed E-state index contributed by atoms with van der Waals surface area (Å²) in [5.41, 5.74) is 0.395. The largest absolute Gasteiger partial charge is 0.416 e. The highest BCUT2D eigenvalue weighted by atomic mass is 79.9. The van der Waals surface area contributed by atoms with Crippen molar-refractivity contribution >= 4 is 21.8 Å². The lowest BCUT2D eigenvalue weighted by atomic mass is 9.95. The maximum Gasteiger partial charge on any atom is 0.416 e. The Morgan fingerprint density at radius 1 is 1.00 bits per heavy atom. The van der Waals surface area contributed by atoms with Crippen LogP contribution in [0.1, 0.15) is 43.6 Å². The van der Waals surface area contributed by atoms with Gasteiger partial charge < -0.3 is 4.90 Å². The van der Waals surface area contributed by atoms with Crippen molar-refractivity contribution in [3.63, 3.8) is 0 Å². The van der Waals surface area contributed by atoms with E-state index < -0.39 is 17.6 Å². The molecule has 6 heteroatoms. The summed E-state index contributed by atoms with van der Waals surface area (Å²) in [7, 11) is 0. The van der Waals surface area contributed by atoms with Gasteiger partial charge in [-0.3, -0.25) is 4.79 Å². The number of nitrogens with zero attached hydrogens (tertiary/aromatic N) is 1. The van der Waals surface area contributed by atoms with E-state index in [-0.39, 0.29) is 17.6 Å². The number of halogens is 4. The molecule has 0 N–H and O–H groups in total. The van der Waals surface area contributed by atoms with Crippen LogP contribution in [0.3, 0.4) is 0 Å². The van der Waals surface area contributed by atoms with E-state index in [1.165, 1.54) is 6.07 Å². The third kappa shape index (κ3) is 4.47. The standard InChI is InChI=1S/C20H21BrF3NO/c1-12(2)25(13(3)4)19(26)18-11-15(20(22,23)24)8-9-17(18)14-6-5-7-16(21)10-14/h5-13H,1-4H3. The topological polar surface area (TPSA) is 20.3 Å². The molecule has 0 aromatic heterocycles. The van der Waals surface area contributed by atoms with Gasteiger partial charge in [0.15, 0.2) is 0 Å². The second-order valence-electron chi connectivity index (χ2n) is 6.67. The van der Waals surface area contributed by atoms with E-state index in [0.29, 0.717) is 11.1 Å². The van der Waals surface area contributed by atoms with Crippen LogP contribution in [0.15, 0.2) is 46.9 Å². The minimum absolute atomic E-state index is 0.0559. The Balaban J connectivity index is 2.68. The molecule has 0 aliphatic rings. The summed E-state index contributed by atoms with van der Waals surface area (Å²) < 4.78 is 40.4. The molecule has 26 heavy (non-hydrogen) atoms. The molecule has 0 spiro atoms. The van der Waals surface area contributed by atoms with Gasteiger partial charge in [-0.1, -0.05) is 34.1 Å². The Kier molecular flexibility index (Phi) is 6.17. The van der Waals surface area contributed by atoms with Crippen LogP contribution in [0, 0.1) is 0 Å². The molecule has 140 valence electrons. The van der Waals surface area contributed by atoms with Crippen LogP contribution >= 0.6 is 15.9 Å². The molecule has 0 radical (unpaired) electrons. The van der Waals surface area contributed by atoms with Gasteiger partial charge in [0.2, 0.25) is 0 Å². The maximum absolute atomic E-state index is 13.2. The van der Waals surface area contributed by atoms with Gasteiger partial charge in [-0.25, -0.2) is 0 Å². The fourth-order valence-electron chi connectivity index (χ4n) is 3.01. The molecular weight excluding hydrogens is 407 g/mol. The molecule has 2 aromatic carbocycles. The Morgan fingerprint density at radius 3 is 2.12 bits per heavy atom. The van der Waals surface area contributed by atoms with E-state index in [9.17, 15) is 18.0 Å². The van der Waals surface area contributed by atoms with Gasteiger partial charge in [-0.15, -0.1) is 0 Å². The fraction of sp³-hybridized carbons (Fsp3) is 0.350. The van der Waals surface area contributed by atoms with E-state index in [2.05, 4.69) is 15.9 Å². The predicted molar refractivity (Wildman–Crippen MR) is 101 cm³/mol. The monoisotopic (exact) mass is 427 g/mol. The maximum atomic E-state index is 13.2. The molecule has 0 atom stereocenters. The Labute approximate surface area is 160 Å². The van der Waals surface area contributed by atoms with Crippen molar-refractivity contribution in [3.05, 3.63) is 58.1 Å². The summed E-state index contributed by atoms with van der Waals surface area (Å²) in [5, 5.41) is 0. The Morgan fingerprint density at radius 2 is 1.62 bits per heavy atom. The molecular formula is C20H21BrF3NO. The summed E-state index contributed by atoms with van der Waals surface area (Å²) in [6, 6.07) is 10.3. The van der Waals surface area contributed by atoms with Gasteiger partial charge >= 0.3 is 6.18 Å². The first-order valence-corrected chi connectivity index (χ1v) is 9.11. The van der Waals surface area contributed by atoms with Crippen molar-refractivity contribution in [2.24, 2.45) is 0 Å². The van der Waals surface area contributed by atoms with Crippen molar-refractivity contribution in [1.82, 2.24) is 4.90 Å². The molecule has 0 bridgehead atoms. The second-order valence-corrected chi connectivity index (χ2v) is 7.58. The lowest BCUT2D eigenvalue weighted by Crippen LogP contribution is -2.42. The third-order valence-corrected chi connectivity index (χ3v) is 4.55. The van der Waals surface area contributed by atoms with Crippen molar-refractivity contribution in [2.75, 3.05) is 0 Å². The highest BCUT2D eigenvalue weighted by molar-refractivity contribution is 9.10. The summed E-state index contributed by atoms with van der Waals surface area (Å²) in [6.45, 7) is 7.41. The number of alkyl halides is 3. The van der Waals surface area contributed by atoms with Crippen molar-refractivity contribution in [2.45, 2.75) is 46.0 Å². The van der Waals surface area contributed by atoms with Gasteiger partial charge in [-0.2, -0.15) is 13.2 Å². The minimum atomic E-state index is -4.51. The fourth-order valence-corrected chi connectivity index (χ4v) is 3.41. The van der Waals surface area contributed by atoms with Crippen LogP contribution in [0.25, 0.3) is 11.1 Å². The lowest BCUT2D eigenvalue weighted by molar-refractivity contribution is -0.137. The molecule has 0 saturated heterocycles. The minimum Gasteiger partial charge on any atom is -0.334 e. The molecule has 1 amide bonds. The first-order valence-electron chi connectivity index (χ1n) is 8.32. The number of rotatable bonds is 4. The van der Waals surface area contributed by atoms with Crippen molar-refractivity contribution in [3.8, 4) is 11.1 Å². The molecule has 0 fully saturated rings. The van der Waals surface area contributed by atoms with E-state index >= 15 is 0 Å². The highest BCUT2D eigenvalue weighted by Crippen LogP contribution is 2.35. The quantitative estimate of drug-likeness (QED) is 0.552. The number of hydrogen-bond donors (Lipinski definition) is 0. The summed E-state index contributed by atoms with van der Waals surface area (Å²) in [4.78, 5) is 14.7. The zero-order valence-electron chi connectivity index (χ0n) is 15.1. The van der Waals surface area contributed by atoms with E-state index in [0.717, 1.165) is 16.6 Å². The van der Waals surface area contributed by atoms with Crippen LogP contribution in [0.5, 0.6) is 0 Å². The zero-order valence-corrected chi connectivity index (χ0v) is 16.6. The second kappa shape index (κ2) is 7.82. The number of carbonyl (C=O) groups is 1. The van der Waals surface area contributed by atoms with Crippen molar-refractivity contribution < 1.29 is 18.0 Å². The molecule has 0 unspecified atom stereocenters. The van der Waals surface area contributed by atoms with Crippen LogP contribution in [0.4, 0.5) is 13.2 Å². The molecule has 2 rings (SSSR count). The first-order chi connectivity index (χ1) is 12.0. The Hall–Kier alpha value is -1.82. The van der Waals surface area contributed by atoms with Gasteiger partial charge in [0, 0.05) is 22.1 Å². The average molecular weight is 428 g/mol. The zero-order chi connectivity index (χ0) is 19.6. The molecule has 0 saturated carbocycles. The van der Waals surface area contributed by atoms with Crippen LogP contribution in [0.2, 0.25) is 0 Å². The number of amides is 1. The van der Waals surface area contributed by atoms with Gasteiger partial charge in [-0.05, 0) is 63.1 Å². The average Bonchev–Trinajstić information content (AvgIpc) is 2.52. The van der Waals surface area contributed by atoms with E-state index in [4.69, 9.17) is 0 Å². The lowest BCUT2D eigenvalue weighted by Gasteiger charge is -2.31. The first kappa shape index (κ1) is 20.5. The summed E-state index contributed by atoms with van der Waals surface area (Å²) >= 11 is 3.37. The number of benzene rings is 2. The summed E-state index contributed by atoms with van der Waals surface area (Å²) in [6.07, 6.45) is -4.51. The Bertz CT molecular complexity index is 792.